The fraction of sp³-hybridized carbons (Fsp3) is 0.714. The van der Waals surface area contributed by atoms with Gasteiger partial charge in [0.2, 0.25) is 0 Å². The van der Waals surface area contributed by atoms with Gasteiger partial charge in [0.15, 0.2) is 5.65 Å². The Hall–Kier alpha value is -1.07. The molecule has 0 bridgehead atoms. The molecule has 0 aliphatic rings. The molecule has 0 amide bonds. The SMILES string of the molecule is CCn1nc(C)c2nc(CCl)n(C(C)CCN(C)C)c21. The summed E-state index contributed by atoms with van der Waals surface area (Å²) in [5.74, 6) is 1.38. The molecule has 2 rings (SSSR count). The quantitative estimate of drug-likeness (QED) is 0.770. The summed E-state index contributed by atoms with van der Waals surface area (Å²) in [6.45, 7) is 8.23. The lowest BCUT2D eigenvalue weighted by molar-refractivity contribution is 0.356. The van der Waals surface area contributed by atoms with Crippen LogP contribution in [0.15, 0.2) is 0 Å². The topological polar surface area (TPSA) is 38.9 Å². The van der Waals surface area contributed by atoms with Crippen molar-refractivity contribution in [1.29, 1.82) is 0 Å². The lowest BCUT2D eigenvalue weighted by atomic mass is 10.2. The molecule has 0 aliphatic carbocycles. The van der Waals surface area contributed by atoms with E-state index in [0.717, 1.165) is 42.2 Å². The number of aryl methyl sites for hydroxylation is 2. The third-order valence-electron chi connectivity index (χ3n) is 3.67. The lowest BCUT2D eigenvalue weighted by Gasteiger charge is -2.19. The maximum absolute atomic E-state index is 6.09. The van der Waals surface area contributed by atoms with Gasteiger partial charge in [-0.15, -0.1) is 11.6 Å². The van der Waals surface area contributed by atoms with Crippen LogP contribution in [-0.2, 0) is 12.4 Å². The van der Waals surface area contributed by atoms with Crippen molar-refractivity contribution < 1.29 is 0 Å². The Morgan fingerprint density at radius 3 is 2.60 bits per heavy atom. The zero-order chi connectivity index (χ0) is 14.9. The zero-order valence-corrected chi connectivity index (χ0v) is 13.8. The van der Waals surface area contributed by atoms with Crippen molar-refractivity contribution in [3.05, 3.63) is 11.5 Å². The van der Waals surface area contributed by atoms with Gasteiger partial charge in [-0.25, -0.2) is 9.67 Å². The second-order valence-electron chi connectivity index (χ2n) is 5.55. The summed E-state index contributed by atoms with van der Waals surface area (Å²) < 4.78 is 4.29. The largest absolute Gasteiger partial charge is 0.309 e. The van der Waals surface area contributed by atoms with E-state index in [1.165, 1.54) is 0 Å². The second-order valence-corrected chi connectivity index (χ2v) is 5.81. The Morgan fingerprint density at radius 2 is 2.05 bits per heavy atom. The first kappa shape index (κ1) is 15.3. The van der Waals surface area contributed by atoms with Gasteiger partial charge in [-0.3, -0.25) is 0 Å². The first-order chi connectivity index (χ1) is 9.49. The van der Waals surface area contributed by atoms with E-state index in [-0.39, 0.29) is 0 Å². The number of hydrogen-bond acceptors (Lipinski definition) is 3. The van der Waals surface area contributed by atoms with E-state index in [1.807, 2.05) is 11.6 Å². The van der Waals surface area contributed by atoms with Gasteiger partial charge in [0.1, 0.15) is 11.3 Å². The maximum atomic E-state index is 6.09. The smallest absolute Gasteiger partial charge is 0.159 e. The summed E-state index contributed by atoms with van der Waals surface area (Å²) in [6, 6.07) is 0.359. The number of fused-ring (bicyclic) bond motifs is 1. The molecule has 0 spiro atoms. The van der Waals surface area contributed by atoms with Crippen LogP contribution in [0.5, 0.6) is 0 Å². The van der Waals surface area contributed by atoms with Gasteiger partial charge >= 0.3 is 0 Å². The van der Waals surface area contributed by atoms with Crippen LogP contribution in [0.2, 0.25) is 0 Å². The van der Waals surface area contributed by atoms with Crippen LogP contribution in [0, 0.1) is 6.92 Å². The first-order valence-corrected chi connectivity index (χ1v) is 7.67. The van der Waals surface area contributed by atoms with Crippen molar-refractivity contribution in [2.24, 2.45) is 0 Å². The Morgan fingerprint density at radius 1 is 1.35 bits per heavy atom. The van der Waals surface area contributed by atoms with Crippen LogP contribution in [0.4, 0.5) is 0 Å². The average Bonchev–Trinajstić information content (AvgIpc) is 2.93. The molecular weight excluding hydrogens is 274 g/mol. The first-order valence-electron chi connectivity index (χ1n) is 7.14. The van der Waals surface area contributed by atoms with E-state index in [1.54, 1.807) is 0 Å². The van der Waals surface area contributed by atoms with Crippen LogP contribution in [0.25, 0.3) is 11.2 Å². The van der Waals surface area contributed by atoms with E-state index in [9.17, 15) is 0 Å². The molecule has 1 atom stereocenters. The van der Waals surface area contributed by atoms with E-state index < -0.39 is 0 Å². The van der Waals surface area contributed by atoms with E-state index >= 15 is 0 Å². The monoisotopic (exact) mass is 297 g/mol. The predicted octanol–water partition coefficient (Wildman–Crippen LogP) is 2.81. The Kier molecular flexibility index (Phi) is 4.70. The summed E-state index contributed by atoms with van der Waals surface area (Å²) >= 11 is 6.09. The fourth-order valence-electron chi connectivity index (χ4n) is 2.59. The molecule has 2 aromatic heterocycles. The Bertz CT molecular complexity index is 584. The van der Waals surface area contributed by atoms with Crippen LogP contribution in [0.3, 0.4) is 0 Å². The van der Waals surface area contributed by atoms with E-state index in [2.05, 4.69) is 47.5 Å². The number of rotatable bonds is 6. The molecule has 0 radical (unpaired) electrons. The number of hydrogen-bond donors (Lipinski definition) is 0. The standard InChI is InChI=1S/C14H24ClN5/c1-6-19-14-13(11(3)17-19)16-12(9-15)20(14)10(2)7-8-18(4)5/h10H,6-9H2,1-5H3. The highest BCUT2D eigenvalue weighted by Gasteiger charge is 2.21. The van der Waals surface area contributed by atoms with Gasteiger partial charge in [-0.05, 0) is 47.8 Å². The highest BCUT2D eigenvalue weighted by atomic mass is 35.5. The molecular formula is C14H24ClN5. The molecule has 5 nitrogen and oxygen atoms in total. The third-order valence-corrected chi connectivity index (χ3v) is 3.91. The number of imidazole rings is 1. The Labute approximate surface area is 125 Å². The summed E-state index contributed by atoms with van der Waals surface area (Å²) in [5, 5.41) is 4.56. The van der Waals surface area contributed by atoms with Crippen molar-refractivity contribution >= 4 is 22.8 Å². The van der Waals surface area contributed by atoms with Crippen molar-refractivity contribution in [3.8, 4) is 0 Å². The number of halogens is 1. The van der Waals surface area contributed by atoms with Gasteiger partial charge in [0.25, 0.3) is 0 Å². The molecule has 2 aromatic rings. The van der Waals surface area contributed by atoms with Crippen molar-refractivity contribution in [1.82, 2.24) is 24.2 Å². The normalized spacial score (nSPS) is 13.6. The van der Waals surface area contributed by atoms with Gasteiger partial charge < -0.3 is 9.47 Å². The molecule has 0 N–H and O–H groups in total. The van der Waals surface area contributed by atoms with Gasteiger partial charge in [0.05, 0.1) is 11.6 Å². The summed E-state index contributed by atoms with van der Waals surface area (Å²) in [4.78, 5) is 6.88. The summed E-state index contributed by atoms with van der Waals surface area (Å²) in [7, 11) is 4.19. The lowest BCUT2D eigenvalue weighted by Crippen LogP contribution is -2.19. The molecule has 0 aliphatic heterocycles. The molecule has 112 valence electrons. The summed E-state index contributed by atoms with van der Waals surface area (Å²) in [6.07, 6.45) is 1.07. The third kappa shape index (κ3) is 2.69. The highest BCUT2D eigenvalue weighted by Crippen LogP contribution is 2.26. The van der Waals surface area contributed by atoms with Gasteiger partial charge in [-0.2, -0.15) is 5.10 Å². The summed E-state index contributed by atoms with van der Waals surface area (Å²) in [5.41, 5.74) is 3.07. The predicted molar refractivity (Wildman–Crippen MR) is 83.4 cm³/mol. The van der Waals surface area contributed by atoms with Crippen molar-refractivity contribution in [2.75, 3.05) is 20.6 Å². The molecule has 20 heavy (non-hydrogen) atoms. The van der Waals surface area contributed by atoms with Crippen molar-refractivity contribution in [3.63, 3.8) is 0 Å². The minimum absolute atomic E-state index is 0.359. The van der Waals surface area contributed by atoms with Crippen LogP contribution in [0.1, 0.15) is 37.8 Å². The molecule has 0 saturated carbocycles. The molecule has 0 fully saturated rings. The average molecular weight is 298 g/mol. The molecule has 6 heteroatoms. The minimum atomic E-state index is 0.359. The van der Waals surface area contributed by atoms with Crippen LogP contribution in [-0.4, -0.2) is 44.9 Å². The van der Waals surface area contributed by atoms with Crippen molar-refractivity contribution in [2.45, 2.75) is 45.7 Å². The Balaban J connectivity index is 2.48. The van der Waals surface area contributed by atoms with Gasteiger partial charge in [-0.1, -0.05) is 0 Å². The number of aromatic nitrogens is 4. The molecule has 0 saturated heterocycles. The minimum Gasteiger partial charge on any atom is -0.309 e. The number of alkyl halides is 1. The molecule has 1 unspecified atom stereocenters. The zero-order valence-electron chi connectivity index (χ0n) is 13.0. The maximum Gasteiger partial charge on any atom is 0.159 e. The molecule has 0 aromatic carbocycles. The second kappa shape index (κ2) is 6.14. The van der Waals surface area contributed by atoms with Gasteiger partial charge in [0, 0.05) is 12.6 Å². The highest BCUT2D eigenvalue weighted by molar-refractivity contribution is 6.16. The van der Waals surface area contributed by atoms with E-state index in [0.29, 0.717) is 11.9 Å². The number of nitrogens with zero attached hydrogens (tertiary/aromatic N) is 5. The van der Waals surface area contributed by atoms with E-state index in [4.69, 9.17) is 11.6 Å². The van der Waals surface area contributed by atoms with Crippen LogP contribution >= 0.6 is 11.6 Å². The molecule has 2 heterocycles. The fourth-order valence-corrected chi connectivity index (χ4v) is 2.77. The van der Waals surface area contributed by atoms with Crippen LogP contribution < -0.4 is 0 Å².